The Morgan fingerprint density at radius 1 is 1.38 bits per heavy atom. The number of hydrogen-bond donors (Lipinski definition) is 1. The molecule has 0 heterocycles. The van der Waals surface area contributed by atoms with Crippen molar-refractivity contribution in [1.82, 2.24) is 4.90 Å². The summed E-state index contributed by atoms with van der Waals surface area (Å²) < 4.78 is 5.60. The summed E-state index contributed by atoms with van der Waals surface area (Å²) in [6.45, 7) is 5.84. The average molecular weight is 291 g/mol. The van der Waals surface area contributed by atoms with E-state index in [1.807, 2.05) is 31.2 Å². The first-order valence-corrected chi connectivity index (χ1v) is 6.83. The van der Waals surface area contributed by atoms with Gasteiger partial charge in [-0.25, -0.2) is 0 Å². The Morgan fingerprint density at radius 2 is 2.10 bits per heavy atom. The van der Waals surface area contributed by atoms with E-state index >= 15 is 0 Å². The molecule has 0 aromatic heterocycles. The van der Waals surface area contributed by atoms with Gasteiger partial charge >= 0.3 is 5.97 Å². The third kappa shape index (κ3) is 6.12. The zero-order chi connectivity index (χ0) is 15.7. The molecule has 1 aromatic rings. The van der Waals surface area contributed by atoms with E-state index in [1.54, 1.807) is 0 Å². The monoisotopic (exact) mass is 291 g/mol. The molecule has 0 aliphatic rings. The Bertz CT molecular complexity index is 499. The highest BCUT2D eigenvalue weighted by molar-refractivity contribution is 5.81. The van der Waals surface area contributed by atoms with Gasteiger partial charge in [0.05, 0.1) is 6.61 Å². The normalized spacial score (nSPS) is 9.95. The van der Waals surface area contributed by atoms with E-state index < -0.39 is 5.97 Å². The predicted octanol–water partition coefficient (Wildman–Crippen LogP) is 2.25. The van der Waals surface area contributed by atoms with Crippen LogP contribution in [-0.4, -0.2) is 41.6 Å². The maximum Gasteiger partial charge on any atom is 0.323 e. The van der Waals surface area contributed by atoms with Crippen molar-refractivity contribution >= 4 is 11.9 Å². The van der Waals surface area contributed by atoms with Crippen molar-refractivity contribution in [3.05, 3.63) is 42.5 Å². The summed E-state index contributed by atoms with van der Waals surface area (Å²) in [7, 11) is 0. The highest BCUT2D eigenvalue weighted by Gasteiger charge is 2.14. The van der Waals surface area contributed by atoms with Gasteiger partial charge in [-0.2, -0.15) is 0 Å². The molecular weight excluding hydrogens is 270 g/mol. The van der Waals surface area contributed by atoms with Crippen LogP contribution in [0.25, 0.3) is 0 Å². The van der Waals surface area contributed by atoms with E-state index in [2.05, 4.69) is 6.58 Å². The van der Waals surface area contributed by atoms with Crippen LogP contribution in [0.1, 0.15) is 18.4 Å². The van der Waals surface area contributed by atoms with Crippen LogP contribution in [0, 0.1) is 6.92 Å². The molecule has 1 aromatic carbocycles. The quantitative estimate of drug-likeness (QED) is 0.560. The van der Waals surface area contributed by atoms with Crippen LogP contribution in [0.4, 0.5) is 0 Å². The molecule has 0 aliphatic carbocycles. The van der Waals surface area contributed by atoms with Gasteiger partial charge in [-0.15, -0.1) is 6.58 Å². The number of para-hydroxylation sites is 1. The minimum atomic E-state index is -1.03. The number of aryl methyl sites for hydroxylation is 1. The summed E-state index contributed by atoms with van der Waals surface area (Å²) in [5, 5.41) is 8.76. The van der Waals surface area contributed by atoms with Crippen molar-refractivity contribution in [3.8, 4) is 5.75 Å². The van der Waals surface area contributed by atoms with E-state index in [0.717, 1.165) is 11.3 Å². The van der Waals surface area contributed by atoms with E-state index in [9.17, 15) is 9.59 Å². The highest BCUT2D eigenvalue weighted by Crippen LogP contribution is 2.16. The van der Waals surface area contributed by atoms with Gasteiger partial charge in [0.2, 0.25) is 5.91 Å². The van der Waals surface area contributed by atoms with Crippen LogP contribution in [0.3, 0.4) is 0 Å². The second kappa shape index (κ2) is 8.79. The lowest BCUT2D eigenvalue weighted by atomic mass is 10.2. The fourth-order valence-electron chi connectivity index (χ4n) is 1.86. The molecule has 5 nitrogen and oxygen atoms in total. The number of ether oxygens (including phenoxy) is 1. The summed E-state index contributed by atoms with van der Waals surface area (Å²) >= 11 is 0. The van der Waals surface area contributed by atoms with Gasteiger partial charge in [0.25, 0.3) is 0 Å². The molecule has 1 amide bonds. The van der Waals surface area contributed by atoms with E-state index in [0.29, 0.717) is 13.0 Å². The van der Waals surface area contributed by atoms with Gasteiger partial charge in [0.1, 0.15) is 12.3 Å². The number of carbonyl (C=O) groups is 2. The number of carboxylic acids is 1. The lowest BCUT2D eigenvalue weighted by Crippen LogP contribution is -2.35. The van der Waals surface area contributed by atoms with Crippen molar-refractivity contribution < 1.29 is 19.4 Å². The first-order chi connectivity index (χ1) is 10.0. The van der Waals surface area contributed by atoms with Crippen molar-refractivity contribution in [1.29, 1.82) is 0 Å². The molecule has 0 fully saturated rings. The molecule has 0 bridgehead atoms. The molecule has 0 spiro atoms. The molecule has 0 saturated heterocycles. The van der Waals surface area contributed by atoms with Gasteiger partial charge in [0.15, 0.2) is 0 Å². The first kappa shape index (κ1) is 16.8. The Morgan fingerprint density at radius 3 is 2.71 bits per heavy atom. The van der Waals surface area contributed by atoms with Crippen molar-refractivity contribution in [2.75, 3.05) is 19.7 Å². The molecule has 0 aliphatic heterocycles. The maximum atomic E-state index is 11.9. The Hall–Kier alpha value is -2.30. The Labute approximate surface area is 124 Å². The lowest BCUT2D eigenvalue weighted by molar-refractivity contribution is -0.144. The zero-order valence-electron chi connectivity index (χ0n) is 12.2. The molecule has 5 heteroatoms. The number of rotatable bonds is 9. The molecule has 114 valence electrons. The lowest BCUT2D eigenvalue weighted by Gasteiger charge is -2.18. The maximum absolute atomic E-state index is 11.9. The zero-order valence-corrected chi connectivity index (χ0v) is 12.2. The first-order valence-electron chi connectivity index (χ1n) is 6.83. The van der Waals surface area contributed by atoms with Crippen molar-refractivity contribution in [2.24, 2.45) is 0 Å². The largest absolute Gasteiger partial charge is 0.493 e. The number of carbonyl (C=O) groups excluding carboxylic acids is 1. The second-order valence-corrected chi connectivity index (χ2v) is 4.67. The number of nitrogens with zero attached hydrogens (tertiary/aromatic N) is 1. The van der Waals surface area contributed by atoms with Gasteiger partial charge < -0.3 is 14.7 Å². The summed E-state index contributed by atoms with van der Waals surface area (Å²) in [6.07, 6.45) is 2.32. The van der Waals surface area contributed by atoms with Crippen molar-refractivity contribution in [3.63, 3.8) is 0 Å². The summed E-state index contributed by atoms with van der Waals surface area (Å²) in [5.41, 5.74) is 1.04. The SMILES string of the molecule is C=CCN(CC(=O)O)C(=O)CCCOc1ccccc1C. The predicted molar refractivity (Wildman–Crippen MR) is 80.3 cm³/mol. The van der Waals surface area contributed by atoms with Crippen LogP contribution < -0.4 is 4.74 Å². The standard InChI is InChI=1S/C16H21NO4/c1-3-10-17(12-16(19)20)15(18)9-6-11-21-14-8-5-4-7-13(14)2/h3-5,7-8H,1,6,9-12H2,2H3,(H,19,20). The molecule has 0 saturated carbocycles. The topological polar surface area (TPSA) is 66.8 Å². The number of aliphatic carboxylic acids is 1. The summed E-state index contributed by atoms with van der Waals surface area (Å²) in [4.78, 5) is 23.9. The fraction of sp³-hybridized carbons (Fsp3) is 0.375. The van der Waals surface area contributed by atoms with Gasteiger partial charge in [0, 0.05) is 13.0 Å². The minimum absolute atomic E-state index is 0.203. The van der Waals surface area contributed by atoms with Crippen LogP contribution in [0.5, 0.6) is 5.75 Å². The Balaban J connectivity index is 2.36. The van der Waals surface area contributed by atoms with E-state index in [1.165, 1.54) is 11.0 Å². The average Bonchev–Trinajstić information content (AvgIpc) is 2.44. The minimum Gasteiger partial charge on any atom is -0.493 e. The van der Waals surface area contributed by atoms with Gasteiger partial charge in [-0.1, -0.05) is 24.3 Å². The highest BCUT2D eigenvalue weighted by atomic mass is 16.5. The third-order valence-corrected chi connectivity index (χ3v) is 2.91. The summed E-state index contributed by atoms with van der Waals surface area (Å²) in [6, 6.07) is 7.67. The molecule has 0 radical (unpaired) electrons. The molecule has 0 unspecified atom stereocenters. The van der Waals surface area contributed by atoms with Crippen LogP contribution in [0.2, 0.25) is 0 Å². The van der Waals surface area contributed by atoms with Crippen molar-refractivity contribution in [2.45, 2.75) is 19.8 Å². The fourth-order valence-corrected chi connectivity index (χ4v) is 1.86. The molecular formula is C16H21NO4. The second-order valence-electron chi connectivity index (χ2n) is 4.67. The number of benzene rings is 1. The van der Waals surface area contributed by atoms with Crippen LogP contribution >= 0.6 is 0 Å². The Kier molecular flexibility index (Phi) is 7.01. The molecule has 1 rings (SSSR count). The molecule has 0 atom stereocenters. The number of amides is 1. The number of hydrogen-bond acceptors (Lipinski definition) is 3. The van der Waals surface area contributed by atoms with Crippen LogP contribution in [-0.2, 0) is 9.59 Å². The van der Waals surface area contributed by atoms with E-state index in [4.69, 9.17) is 9.84 Å². The molecule has 1 N–H and O–H groups in total. The van der Waals surface area contributed by atoms with Crippen LogP contribution in [0.15, 0.2) is 36.9 Å². The number of carboxylic acid groups (broad SMARTS) is 1. The van der Waals surface area contributed by atoms with E-state index in [-0.39, 0.29) is 25.4 Å². The summed E-state index contributed by atoms with van der Waals surface area (Å²) in [5.74, 6) is -0.425. The third-order valence-electron chi connectivity index (χ3n) is 2.91. The van der Waals surface area contributed by atoms with Gasteiger partial charge in [-0.3, -0.25) is 9.59 Å². The smallest absolute Gasteiger partial charge is 0.323 e. The molecule has 21 heavy (non-hydrogen) atoms. The van der Waals surface area contributed by atoms with Gasteiger partial charge in [-0.05, 0) is 25.0 Å².